The van der Waals surface area contributed by atoms with Gasteiger partial charge < -0.3 is 48.5 Å². The molecule has 2 heterocycles. The van der Waals surface area contributed by atoms with Crippen LogP contribution < -0.4 is 30.9 Å². The van der Waals surface area contributed by atoms with Crippen LogP contribution in [0.1, 0.15) is 0 Å². The minimum absolute atomic E-state index is 0.0250. The summed E-state index contributed by atoms with van der Waals surface area (Å²) in [5.74, 6) is -0.715. The van der Waals surface area contributed by atoms with Crippen molar-refractivity contribution in [1.82, 2.24) is 19.5 Å². The van der Waals surface area contributed by atoms with Crippen molar-refractivity contribution in [1.29, 1.82) is 0 Å². The van der Waals surface area contributed by atoms with E-state index in [0.717, 1.165) is 0 Å². The Morgan fingerprint density at radius 1 is 1.18 bits per heavy atom. The molecule has 0 radical (unpaired) electrons. The summed E-state index contributed by atoms with van der Waals surface area (Å²) >= 11 is 0. The van der Waals surface area contributed by atoms with Crippen LogP contribution in [0.2, 0.25) is 0 Å². The van der Waals surface area contributed by atoms with E-state index in [0.29, 0.717) is 0 Å². The number of nitrogens with one attached hydrogen (secondary N) is 1. The molecule has 2 aromatic heterocycles. The van der Waals surface area contributed by atoms with Crippen molar-refractivity contribution in [3.05, 3.63) is 16.7 Å². The highest BCUT2D eigenvalue weighted by Gasteiger charge is 2.16. The molecule has 0 spiro atoms. The number of nitrogen functional groups attached to an aromatic ring is 1. The summed E-state index contributed by atoms with van der Waals surface area (Å²) in [7, 11) is -9.60. The molecule has 14 nitrogen and oxygen atoms in total. The van der Waals surface area contributed by atoms with Crippen LogP contribution in [0.25, 0.3) is 11.2 Å². The predicted molar refractivity (Wildman–Crippen MR) is 87.8 cm³/mol. The van der Waals surface area contributed by atoms with Gasteiger partial charge in [-0.2, -0.15) is 4.98 Å². The van der Waals surface area contributed by atoms with E-state index in [4.69, 9.17) is 15.2 Å². The summed E-state index contributed by atoms with van der Waals surface area (Å²) in [6, 6.07) is 0. The van der Waals surface area contributed by atoms with E-state index in [1.165, 1.54) is 10.9 Å². The SMILES string of the molecule is Nc1nc2c(ncn2CC(COCCP(=O)([O-])[O-])COCP(=O)([O-])[O-])c(=O)[nH]1. The molecular weight excluding hydrogens is 420 g/mol. The number of ether oxygens (including phenoxy) is 2. The monoisotopic (exact) mass is 437 g/mol. The van der Waals surface area contributed by atoms with Crippen LogP contribution >= 0.6 is 15.2 Å². The summed E-state index contributed by atoms with van der Waals surface area (Å²) in [5, 5.41) is 0. The van der Waals surface area contributed by atoms with Crippen LogP contribution in [0.3, 0.4) is 0 Å². The lowest BCUT2D eigenvalue weighted by molar-refractivity contribution is -0.319. The van der Waals surface area contributed by atoms with E-state index in [-0.39, 0.29) is 43.5 Å². The van der Waals surface area contributed by atoms with Gasteiger partial charge in [0.05, 0.1) is 32.5 Å². The van der Waals surface area contributed by atoms with Crippen LogP contribution in [0, 0.1) is 5.92 Å². The molecule has 0 aliphatic carbocycles. The molecule has 0 bridgehead atoms. The fourth-order valence-electron chi connectivity index (χ4n) is 2.29. The summed E-state index contributed by atoms with van der Waals surface area (Å²) in [4.78, 5) is 64.6. The topological polar surface area (TPSA) is 234 Å². The molecule has 158 valence electrons. The fraction of sp³-hybridized carbons (Fsp3) is 0.583. The number of nitrogens with two attached hydrogens (primary N) is 1. The lowest BCUT2D eigenvalue weighted by atomic mass is 10.2. The standard InChI is InChI=1S/C12H21N5O9P2/c13-12-15-10-9(11(18)16-12)14-6-17(10)3-8(5-26-7-28(22,23)24)4-25-1-2-27(19,20)21/h6,8H,1-5,7H2,(H2,19,20,21)(H2,22,23,24)(H3,13,15,16,18)/p-4. The first-order valence-electron chi connectivity index (χ1n) is 7.83. The van der Waals surface area contributed by atoms with Gasteiger partial charge in [0.25, 0.3) is 5.56 Å². The van der Waals surface area contributed by atoms with Gasteiger partial charge in [-0.25, -0.2) is 4.98 Å². The summed E-state index contributed by atoms with van der Waals surface area (Å²) in [5.41, 5.74) is 5.14. The van der Waals surface area contributed by atoms with Crippen molar-refractivity contribution in [3.63, 3.8) is 0 Å². The third-order valence-electron chi connectivity index (χ3n) is 3.41. The smallest absolute Gasteiger partial charge is 0.280 e. The fourth-order valence-corrected chi connectivity index (χ4v) is 2.98. The Balaban J connectivity index is 2.08. The Hall–Kier alpha value is -1.63. The number of rotatable bonds is 11. The molecule has 0 aromatic carbocycles. The van der Waals surface area contributed by atoms with Crippen LogP contribution in [0.4, 0.5) is 5.95 Å². The average Bonchev–Trinajstić information content (AvgIpc) is 2.92. The maximum absolute atomic E-state index is 11.8. The van der Waals surface area contributed by atoms with Crippen molar-refractivity contribution < 1.29 is 38.2 Å². The van der Waals surface area contributed by atoms with Gasteiger partial charge >= 0.3 is 0 Å². The van der Waals surface area contributed by atoms with Crippen LogP contribution in [-0.2, 0) is 25.1 Å². The Kier molecular flexibility index (Phi) is 7.48. The minimum atomic E-state index is -4.87. The Bertz CT molecular complexity index is 949. The number of anilines is 1. The number of aromatic nitrogens is 4. The van der Waals surface area contributed by atoms with Gasteiger partial charge in [0, 0.05) is 12.5 Å². The zero-order valence-electron chi connectivity index (χ0n) is 14.4. The molecule has 2 rings (SSSR count). The number of hydrogen-bond acceptors (Lipinski definition) is 12. The number of aromatic amines is 1. The van der Waals surface area contributed by atoms with Gasteiger partial charge in [-0.15, -0.1) is 0 Å². The van der Waals surface area contributed by atoms with Gasteiger partial charge in [-0.1, -0.05) is 7.60 Å². The van der Waals surface area contributed by atoms with Crippen molar-refractivity contribution in [3.8, 4) is 0 Å². The van der Waals surface area contributed by atoms with E-state index in [1.54, 1.807) is 0 Å². The normalized spacial score (nSPS) is 13.9. The second-order valence-electron chi connectivity index (χ2n) is 5.91. The van der Waals surface area contributed by atoms with E-state index in [2.05, 4.69) is 15.0 Å². The summed E-state index contributed by atoms with van der Waals surface area (Å²) in [6.45, 7) is -0.654. The number of fused-ring (bicyclic) bond motifs is 1. The number of nitrogens with zero attached hydrogens (tertiary/aromatic N) is 3. The number of H-pyrrole nitrogens is 1. The van der Waals surface area contributed by atoms with Crippen LogP contribution in [0.15, 0.2) is 11.1 Å². The van der Waals surface area contributed by atoms with E-state index >= 15 is 0 Å². The highest BCUT2D eigenvalue weighted by atomic mass is 31.2. The third kappa shape index (κ3) is 7.41. The lowest BCUT2D eigenvalue weighted by Gasteiger charge is -2.30. The second-order valence-corrected chi connectivity index (χ2v) is 9.06. The number of imidazole rings is 1. The molecule has 0 saturated heterocycles. The number of hydrogen-bond donors (Lipinski definition) is 2. The van der Waals surface area contributed by atoms with Crippen LogP contribution in [-0.4, -0.2) is 51.8 Å². The molecular formula is C12H17N5O9P2-4. The van der Waals surface area contributed by atoms with Gasteiger partial charge in [-0.05, 0) is 13.8 Å². The first-order valence-corrected chi connectivity index (χ1v) is 11.3. The molecule has 0 fully saturated rings. The highest BCUT2D eigenvalue weighted by Crippen LogP contribution is 2.23. The first kappa shape index (κ1) is 22.7. The van der Waals surface area contributed by atoms with Crippen molar-refractivity contribution in [2.24, 2.45) is 5.92 Å². The highest BCUT2D eigenvalue weighted by molar-refractivity contribution is 7.48. The van der Waals surface area contributed by atoms with Gasteiger partial charge in [-0.3, -0.25) is 9.78 Å². The zero-order valence-corrected chi connectivity index (χ0v) is 16.2. The molecule has 16 heteroatoms. The third-order valence-corrected chi connectivity index (χ3v) is 4.64. The van der Waals surface area contributed by atoms with Crippen molar-refractivity contribution >= 4 is 32.3 Å². The van der Waals surface area contributed by atoms with Gasteiger partial charge in [0.15, 0.2) is 11.2 Å². The van der Waals surface area contributed by atoms with E-state index < -0.39 is 39.2 Å². The Morgan fingerprint density at radius 3 is 2.50 bits per heavy atom. The largest absolute Gasteiger partial charge is 0.811 e. The minimum Gasteiger partial charge on any atom is -0.811 e. The molecule has 0 aliphatic rings. The molecule has 0 aliphatic heterocycles. The lowest BCUT2D eigenvalue weighted by Crippen LogP contribution is -2.26. The molecule has 2 aromatic rings. The first-order chi connectivity index (χ1) is 12.9. The van der Waals surface area contributed by atoms with Gasteiger partial charge in [0.1, 0.15) is 0 Å². The molecule has 0 saturated carbocycles. The Morgan fingerprint density at radius 2 is 1.86 bits per heavy atom. The Labute approximate surface area is 158 Å². The molecule has 0 amide bonds. The second kappa shape index (κ2) is 9.25. The summed E-state index contributed by atoms with van der Waals surface area (Å²) < 4.78 is 32.8. The molecule has 1 unspecified atom stereocenters. The molecule has 3 N–H and O–H groups in total. The quantitative estimate of drug-likeness (QED) is 0.254. The van der Waals surface area contributed by atoms with E-state index in [9.17, 15) is 33.5 Å². The predicted octanol–water partition coefficient (Wildman–Crippen LogP) is -3.86. The molecule has 1 atom stereocenters. The van der Waals surface area contributed by atoms with Crippen molar-refractivity contribution in [2.75, 3.05) is 38.1 Å². The van der Waals surface area contributed by atoms with Crippen molar-refractivity contribution in [2.45, 2.75) is 6.54 Å². The zero-order chi connectivity index (χ0) is 20.9. The maximum atomic E-state index is 11.8. The molecule has 28 heavy (non-hydrogen) atoms. The van der Waals surface area contributed by atoms with E-state index in [1.807, 2.05) is 0 Å². The maximum Gasteiger partial charge on any atom is 0.280 e. The average molecular weight is 437 g/mol. The summed E-state index contributed by atoms with van der Waals surface area (Å²) in [6.07, 6.45) is -0.442. The van der Waals surface area contributed by atoms with Crippen LogP contribution in [0.5, 0.6) is 0 Å². The van der Waals surface area contributed by atoms with Gasteiger partial charge in [0.2, 0.25) is 5.95 Å².